The average molecular weight is 1070 g/mol. The van der Waals surface area contributed by atoms with E-state index < -0.39 is 11.8 Å². The molecule has 0 saturated carbocycles. The number of pyridine rings is 1. The number of hydrogen-bond donors (Lipinski definition) is 1. The van der Waals surface area contributed by atoms with E-state index in [1.165, 1.54) is 16.7 Å². The third kappa shape index (κ3) is 9.54. The zero-order valence-electron chi connectivity index (χ0n) is 43.1. The maximum Gasteiger partial charge on any atom is 0.148 e. The Kier molecular flexibility index (Phi) is 12.7. The van der Waals surface area contributed by atoms with E-state index in [9.17, 15) is 7.85 Å². The molecule has 0 amide bonds. The van der Waals surface area contributed by atoms with Gasteiger partial charge in [0.25, 0.3) is 0 Å². The molecule has 0 fully saturated rings. The second-order valence-electron chi connectivity index (χ2n) is 20.5. The Labute approximate surface area is 421 Å². The van der Waals surface area contributed by atoms with Crippen molar-refractivity contribution >= 4 is 11.0 Å². The zero-order chi connectivity index (χ0) is 49.2. The maximum absolute atomic E-state index is 12.5. The first-order chi connectivity index (χ1) is 32.5. The molecule has 0 atom stereocenters. The van der Waals surface area contributed by atoms with E-state index in [0.717, 1.165) is 72.5 Å². The van der Waals surface area contributed by atoms with Gasteiger partial charge in [-0.05, 0) is 104 Å². The Bertz CT molecular complexity index is 3360. The molecular formula is C63H62N3OPt-. The molecule has 9 rings (SSSR count). The van der Waals surface area contributed by atoms with Gasteiger partial charge in [-0.2, -0.15) is 0 Å². The fraction of sp³-hybridized carbons (Fsp3) is 0.238. The predicted molar refractivity (Wildman–Crippen MR) is 282 cm³/mol. The first kappa shape index (κ1) is 45.4. The summed E-state index contributed by atoms with van der Waals surface area (Å²) in [5.41, 5.74) is 17.2. The summed E-state index contributed by atoms with van der Waals surface area (Å²) in [4.78, 5) is 10.5. The third-order valence-electron chi connectivity index (χ3n) is 13.0. The Morgan fingerprint density at radius 2 is 1.22 bits per heavy atom. The number of aryl methyl sites for hydroxylation is 1. The Morgan fingerprint density at radius 1 is 0.574 bits per heavy atom. The van der Waals surface area contributed by atoms with E-state index in [0.29, 0.717) is 22.5 Å². The molecule has 0 radical (unpaired) electrons. The standard InChI is InChI=1S/C63H62N3O.Pt/c1-39(2)46-35-53(40(3)4)60(67)55(36-46)61-65-59-52(18-15-19-58(59)66(61)57-29-28-51(63(9,10)11)38-54(57)44-24-26-50(27-25-44)62(6,7)8)48-32-47(42-16-13-12-14-17-42)33-49(34-48)56-37-45(30-31-64-56)43-22-20-41(5)21-23-43;/h12-33,35-40,67H,1-11H3;/q-1;/i39D,40D;. The van der Waals surface area contributed by atoms with Crippen molar-refractivity contribution in [2.24, 2.45) is 0 Å². The molecule has 0 unspecified atom stereocenters. The minimum absolute atomic E-state index is 0. The van der Waals surface area contributed by atoms with E-state index in [4.69, 9.17) is 9.97 Å². The van der Waals surface area contributed by atoms with Gasteiger partial charge >= 0.3 is 0 Å². The number of aromatic hydroxyl groups is 1. The van der Waals surface area contributed by atoms with Gasteiger partial charge in [-0.3, -0.25) is 9.55 Å². The molecule has 7 aromatic carbocycles. The van der Waals surface area contributed by atoms with Crippen molar-refractivity contribution in [1.82, 2.24) is 14.5 Å². The Morgan fingerprint density at radius 3 is 1.88 bits per heavy atom. The molecule has 68 heavy (non-hydrogen) atoms. The van der Waals surface area contributed by atoms with Crippen LogP contribution in [-0.2, 0) is 31.9 Å². The maximum atomic E-state index is 12.5. The Hall–Kier alpha value is -6.35. The molecule has 4 nitrogen and oxygen atoms in total. The summed E-state index contributed by atoms with van der Waals surface area (Å²) in [6, 6.07) is 56.8. The number of phenolic OH excluding ortho intramolecular Hbond substituents is 1. The molecule has 346 valence electrons. The van der Waals surface area contributed by atoms with Gasteiger partial charge < -0.3 is 5.11 Å². The van der Waals surface area contributed by atoms with Gasteiger partial charge in [-0.1, -0.05) is 201 Å². The second kappa shape index (κ2) is 19.0. The average Bonchev–Trinajstić information content (AvgIpc) is 3.70. The monoisotopic (exact) mass is 1070 g/mol. The van der Waals surface area contributed by atoms with Crippen molar-refractivity contribution in [3.8, 4) is 78.6 Å². The number of benzene rings is 7. The SMILES string of the molecule is [2H]C(C)(C)c1cc(-c2nc3c(-c4[c-]c(-c5cc(-c6ccc(C)cc6)ccn5)cc(-c5ccccc5)c4)cccc3n2-c2ccc(C(C)(C)C)cc2-c2ccc(C(C)(C)C)cc2)c(O)c(C([2H])(C)C)c1.[Pt]. The number of aromatic nitrogens is 3. The third-order valence-corrected chi connectivity index (χ3v) is 13.0. The van der Waals surface area contributed by atoms with Crippen LogP contribution in [0, 0.1) is 13.0 Å². The van der Waals surface area contributed by atoms with Crippen LogP contribution < -0.4 is 0 Å². The van der Waals surface area contributed by atoms with Gasteiger partial charge in [0, 0.05) is 41.3 Å². The smallest absolute Gasteiger partial charge is 0.148 e. The first-order valence-electron chi connectivity index (χ1n) is 24.4. The van der Waals surface area contributed by atoms with Crippen LogP contribution in [0.2, 0.25) is 0 Å². The fourth-order valence-corrected chi connectivity index (χ4v) is 8.95. The topological polar surface area (TPSA) is 50.9 Å². The number of para-hydroxylation sites is 1. The molecule has 9 aromatic rings. The van der Waals surface area contributed by atoms with Crippen molar-refractivity contribution in [2.45, 2.75) is 98.8 Å². The summed E-state index contributed by atoms with van der Waals surface area (Å²) < 4.78 is 20.6. The molecule has 0 bridgehead atoms. The summed E-state index contributed by atoms with van der Waals surface area (Å²) in [5, 5.41) is 12.5. The summed E-state index contributed by atoms with van der Waals surface area (Å²) in [7, 11) is 0. The van der Waals surface area contributed by atoms with Gasteiger partial charge in [-0.25, -0.2) is 4.98 Å². The zero-order valence-corrected chi connectivity index (χ0v) is 43.4. The van der Waals surface area contributed by atoms with Gasteiger partial charge in [-0.15, -0.1) is 23.8 Å². The van der Waals surface area contributed by atoms with Gasteiger partial charge in [0.1, 0.15) is 11.6 Å². The van der Waals surface area contributed by atoms with E-state index in [2.05, 4.69) is 186 Å². The number of hydrogen-bond acceptors (Lipinski definition) is 3. The number of imidazole rings is 1. The number of rotatable bonds is 9. The summed E-state index contributed by atoms with van der Waals surface area (Å²) in [6.07, 6.45) is 1.87. The number of fused-ring (bicyclic) bond motifs is 1. The van der Waals surface area contributed by atoms with Crippen LogP contribution in [0.4, 0.5) is 0 Å². The van der Waals surface area contributed by atoms with Crippen molar-refractivity contribution in [3.63, 3.8) is 0 Å². The van der Waals surface area contributed by atoms with Crippen LogP contribution in [0.15, 0.2) is 158 Å². The van der Waals surface area contributed by atoms with Gasteiger partial charge in [0.2, 0.25) is 0 Å². The first-order valence-corrected chi connectivity index (χ1v) is 23.4. The van der Waals surface area contributed by atoms with Crippen molar-refractivity contribution < 1.29 is 28.9 Å². The second-order valence-corrected chi connectivity index (χ2v) is 20.5. The quantitative estimate of drug-likeness (QED) is 0.147. The predicted octanol–water partition coefficient (Wildman–Crippen LogP) is 17.1. The van der Waals surface area contributed by atoms with E-state index >= 15 is 0 Å². The molecule has 0 spiro atoms. The van der Waals surface area contributed by atoms with E-state index in [1.807, 2.05) is 44.3 Å². The molecule has 0 aliphatic heterocycles. The number of nitrogens with zero attached hydrogens (tertiary/aromatic N) is 3. The molecule has 0 aliphatic rings. The van der Waals surface area contributed by atoms with Gasteiger partial charge in [0.15, 0.2) is 0 Å². The molecular weight excluding hydrogens is 1010 g/mol. The molecule has 0 saturated heterocycles. The van der Waals surface area contributed by atoms with E-state index in [1.54, 1.807) is 13.8 Å². The van der Waals surface area contributed by atoms with Crippen molar-refractivity contribution in [2.75, 3.05) is 0 Å². The molecule has 5 heteroatoms. The fourth-order valence-electron chi connectivity index (χ4n) is 8.95. The largest absolute Gasteiger partial charge is 0.507 e. The molecule has 1 N–H and O–H groups in total. The van der Waals surface area contributed by atoms with Crippen LogP contribution in [0.3, 0.4) is 0 Å². The summed E-state index contributed by atoms with van der Waals surface area (Å²) in [6.45, 7) is 22.7. The minimum atomic E-state index is -1.18. The van der Waals surface area contributed by atoms with Crippen LogP contribution >= 0.6 is 0 Å². The van der Waals surface area contributed by atoms with Crippen molar-refractivity contribution in [1.29, 1.82) is 0 Å². The molecule has 2 aromatic heterocycles. The van der Waals surface area contributed by atoms with Crippen LogP contribution in [0.25, 0.3) is 83.9 Å². The number of phenols is 1. The van der Waals surface area contributed by atoms with Crippen molar-refractivity contribution in [3.05, 3.63) is 192 Å². The molecule has 2 heterocycles. The Balaban J connectivity index is 0.00000659. The summed E-state index contributed by atoms with van der Waals surface area (Å²) >= 11 is 0. The summed E-state index contributed by atoms with van der Waals surface area (Å²) in [5.74, 6) is -1.73. The molecule has 0 aliphatic carbocycles. The van der Waals surface area contributed by atoms with Crippen LogP contribution in [0.1, 0.15) is 112 Å². The van der Waals surface area contributed by atoms with E-state index in [-0.39, 0.29) is 37.6 Å². The minimum Gasteiger partial charge on any atom is -0.507 e. The van der Waals surface area contributed by atoms with Gasteiger partial charge in [0.05, 0.1) is 22.3 Å². The van der Waals surface area contributed by atoms with Crippen LogP contribution in [0.5, 0.6) is 5.75 Å². The normalized spacial score (nSPS) is 12.7. The van der Waals surface area contributed by atoms with Crippen LogP contribution in [-0.4, -0.2) is 19.6 Å².